The summed E-state index contributed by atoms with van der Waals surface area (Å²) in [5, 5.41) is 6.36. The summed E-state index contributed by atoms with van der Waals surface area (Å²) in [6.07, 6.45) is 3.94. The van der Waals surface area contributed by atoms with Gasteiger partial charge in [-0.25, -0.2) is 4.98 Å². The van der Waals surface area contributed by atoms with E-state index in [1.54, 1.807) is 30.5 Å². The van der Waals surface area contributed by atoms with Gasteiger partial charge in [0.15, 0.2) is 5.82 Å². The number of nitrogens with zero attached hydrogens (tertiary/aromatic N) is 3. The molecule has 0 radical (unpaired) electrons. The summed E-state index contributed by atoms with van der Waals surface area (Å²) < 4.78 is 5.54. The molecule has 2 aliphatic heterocycles. The summed E-state index contributed by atoms with van der Waals surface area (Å²) >= 11 is 0. The topological polar surface area (TPSA) is 86.8 Å². The first kappa shape index (κ1) is 23.0. The van der Waals surface area contributed by atoms with Gasteiger partial charge in [-0.1, -0.05) is 0 Å². The van der Waals surface area contributed by atoms with Gasteiger partial charge in [-0.05, 0) is 63.1 Å². The van der Waals surface area contributed by atoms with E-state index in [9.17, 15) is 9.59 Å². The van der Waals surface area contributed by atoms with Crippen LogP contribution in [0.3, 0.4) is 0 Å². The van der Waals surface area contributed by atoms with E-state index in [0.717, 1.165) is 44.0 Å². The third kappa shape index (κ3) is 5.82. The van der Waals surface area contributed by atoms with Crippen LogP contribution in [0, 0.1) is 0 Å². The lowest BCUT2D eigenvalue weighted by atomic mass is 10.1. The van der Waals surface area contributed by atoms with E-state index in [2.05, 4.69) is 34.4 Å². The van der Waals surface area contributed by atoms with Crippen molar-refractivity contribution in [1.82, 2.24) is 15.2 Å². The number of anilines is 2. The highest BCUT2D eigenvalue weighted by atomic mass is 16.5. The van der Waals surface area contributed by atoms with E-state index in [1.807, 2.05) is 17.0 Å². The fraction of sp³-hybridized carbons (Fsp3) is 0.480. The number of pyridine rings is 1. The zero-order valence-corrected chi connectivity index (χ0v) is 19.4. The van der Waals surface area contributed by atoms with Gasteiger partial charge in [-0.3, -0.25) is 9.59 Å². The van der Waals surface area contributed by atoms with Crippen molar-refractivity contribution in [3.05, 3.63) is 53.7 Å². The summed E-state index contributed by atoms with van der Waals surface area (Å²) in [4.78, 5) is 34.0. The molecule has 4 rings (SSSR count). The first-order chi connectivity index (χ1) is 16.0. The number of carbonyl (C=O) groups excluding carboxylic acids is 2. The van der Waals surface area contributed by atoms with Crippen LogP contribution >= 0.6 is 0 Å². The quantitative estimate of drug-likeness (QED) is 0.673. The van der Waals surface area contributed by atoms with Crippen molar-refractivity contribution in [2.24, 2.45) is 0 Å². The molecule has 0 unspecified atom stereocenters. The molecule has 2 aliphatic rings. The molecule has 1 aromatic heterocycles. The Bertz CT molecular complexity index is 949. The number of hydrogen-bond donors (Lipinski definition) is 2. The maximum Gasteiger partial charge on any atom is 0.253 e. The number of nitrogens with one attached hydrogen (secondary N) is 2. The zero-order chi connectivity index (χ0) is 23.2. The lowest BCUT2D eigenvalue weighted by Gasteiger charge is -2.36. The average Bonchev–Trinajstić information content (AvgIpc) is 3.36. The molecule has 8 heteroatoms. The maximum absolute atomic E-state index is 13.0. The summed E-state index contributed by atoms with van der Waals surface area (Å²) in [5.41, 5.74) is 2.16. The maximum atomic E-state index is 13.0. The Balaban J connectivity index is 1.31. The molecule has 2 N–H and O–H groups in total. The molecule has 2 amide bonds. The van der Waals surface area contributed by atoms with E-state index in [-0.39, 0.29) is 17.9 Å². The molecule has 3 heterocycles. The van der Waals surface area contributed by atoms with Gasteiger partial charge in [-0.2, -0.15) is 0 Å². The Morgan fingerprint density at radius 1 is 1.09 bits per heavy atom. The summed E-state index contributed by atoms with van der Waals surface area (Å²) in [6, 6.07) is 11.2. The molecule has 2 fully saturated rings. The van der Waals surface area contributed by atoms with Gasteiger partial charge in [0.1, 0.15) is 0 Å². The summed E-state index contributed by atoms with van der Waals surface area (Å²) in [7, 11) is 0. The molecule has 0 bridgehead atoms. The normalized spacial score (nSPS) is 18.5. The fourth-order valence-electron chi connectivity index (χ4n) is 4.25. The first-order valence-corrected chi connectivity index (χ1v) is 11.8. The van der Waals surface area contributed by atoms with Crippen LogP contribution in [-0.4, -0.2) is 73.2 Å². The number of amides is 2. The molecule has 2 aromatic rings. The average molecular weight is 452 g/mol. The second kappa shape index (κ2) is 10.7. The number of aromatic nitrogens is 1. The van der Waals surface area contributed by atoms with Gasteiger partial charge in [0, 0.05) is 62.7 Å². The van der Waals surface area contributed by atoms with Gasteiger partial charge in [0.25, 0.3) is 11.8 Å². The van der Waals surface area contributed by atoms with E-state index >= 15 is 0 Å². The predicted molar refractivity (Wildman–Crippen MR) is 129 cm³/mol. The third-order valence-electron chi connectivity index (χ3n) is 6.01. The van der Waals surface area contributed by atoms with Gasteiger partial charge >= 0.3 is 0 Å². The van der Waals surface area contributed by atoms with Crippen molar-refractivity contribution in [3.63, 3.8) is 0 Å². The molecule has 0 aliphatic carbocycles. The van der Waals surface area contributed by atoms with Crippen LogP contribution in [0.25, 0.3) is 0 Å². The summed E-state index contributed by atoms with van der Waals surface area (Å²) in [5.74, 6) is 0.776. The molecule has 33 heavy (non-hydrogen) atoms. The van der Waals surface area contributed by atoms with Crippen LogP contribution in [0.2, 0.25) is 0 Å². The SMILES string of the molecule is CC(C)Nc1cccnc1N1CCN(C(=O)c2ccc(C(=O)NC[C@@H]3CCCO3)cc2)CC1. The van der Waals surface area contributed by atoms with Crippen molar-refractivity contribution >= 4 is 23.3 Å². The minimum Gasteiger partial charge on any atom is -0.380 e. The number of rotatable bonds is 7. The van der Waals surface area contributed by atoms with Crippen molar-refractivity contribution < 1.29 is 14.3 Å². The highest BCUT2D eigenvalue weighted by molar-refractivity contribution is 5.98. The molecule has 1 aromatic carbocycles. The number of carbonyl (C=O) groups is 2. The lowest BCUT2D eigenvalue weighted by molar-refractivity contribution is 0.0746. The monoisotopic (exact) mass is 451 g/mol. The number of ether oxygens (including phenoxy) is 1. The highest BCUT2D eigenvalue weighted by Crippen LogP contribution is 2.25. The Labute approximate surface area is 195 Å². The van der Waals surface area contributed by atoms with Crippen LogP contribution in [0.5, 0.6) is 0 Å². The molecule has 1 atom stereocenters. The second-order valence-electron chi connectivity index (χ2n) is 8.88. The highest BCUT2D eigenvalue weighted by Gasteiger charge is 2.24. The molecule has 8 nitrogen and oxygen atoms in total. The Morgan fingerprint density at radius 3 is 2.48 bits per heavy atom. The predicted octanol–water partition coefficient (Wildman–Crippen LogP) is 2.77. The van der Waals surface area contributed by atoms with Crippen LogP contribution in [-0.2, 0) is 4.74 Å². The number of hydrogen-bond acceptors (Lipinski definition) is 6. The van der Waals surface area contributed by atoms with Crippen LogP contribution in [0.15, 0.2) is 42.6 Å². The van der Waals surface area contributed by atoms with Gasteiger partial charge in [0.05, 0.1) is 11.8 Å². The Morgan fingerprint density at radius 2 is 1.82 bits per heavy atom. The molecular formula is C25H33N5O3. The summed E-state index contributed by atoms with van der Waals surface area (Å²) in [6.45, 7) is 8.19. The van der Waals surface area contributed by atoms with Crippen LogP contribution in [0.4, 0.5) is 11.5 Å². The standard InChI is InChI=1S/C25H33N5O3/c1-18(2)28-22-6-3-11-26-23(22)29-12-14-30(15-13-29)25(32)20-9-7-19(8-10-20)24(31)27-17-21-5-4-16-33-21/h3,6-11,18,21,28H,4-5,12-17H2,1-2H3,(H,27,31)/t21-/m0/s1. The van der Waals surface area contributed by atoms with Gasteiger partial charge in [-0.15, -0.1) is 0 Å². The van der Waals surface area contributed by atoms with Crippen molar-refractivity contribution in [2.45, 2.75) is 38.8 Å². The minimum absolute atomic E-state index is 0.0116. The van der Waals surface area contributed by atoms with E-state index < -0.39 is 0 Å². The molecule has 2 saturated heterocycles. The van der Waals surface area contributed by atoms with E-state index in [1.165, 1.54) is 0 Å². The third-order valence-corrected chi connectivity index (χ3v) is 6.01. The van der Waals surface area contributed by atoms with Gasteiger partial charge < -0.3 is 25.2 Å². The Hall–Kier alpha value is -3.13. The minimum atomic E-state index is -0.140. The zero-order valence-electron chi connectivity index (χ0n) is 19.4. The number of benzene rings is 1. The molecule has 176 valence electrons. The largest absolute Gasteiger partial charge is 0.380 e. The van der Waals surface area contributed by atoms with Crippen LogP contribution in [0.1, 0.15) is 47.4 Å². The van der Waals surface area contributed by atoms with Crippen molar-refractivity contribution in [1.29, 1.82) is 0 Å². The first-order valence-electron chi connectivity index (χ1n) is 11.8. The molecule has 0 saturated carbocycles. The molecular weight excluding hydrogens is 418 g/mol. The van der Waals surface area contributed by atoms with Crippen molar-refractivity contribution in [2.75, 3.05) is 49.5 Å². The van der Waals surface area contributed by atoms with Crippen LogP contribution < -0.4 is 15.5 Å². The Kier molecular flexibility index (Phi) is 7.44. The van der Waals surface area contributed by atoms with Gasteiger partial charge in [0.2, 0.25) is 0 Å². The van der Waals surface area contributed by atoms with Crippen molar-refractivity contribution in [3.8, 4) is 0 Å². The smallest absolute Gasteiger partial charge is 0.253 e. The van der Waals surface area contributed by atoms with E-state index in [0.29, 0.717) is 36.8 Å². The lowest BCUT2D eigenvalue weighted by Crippen LogP contribution is -2.49. The molecule has 0 spiro atoms. The fourth-order valence-corrected chi connectivity index (χ4v) is 4.25. The van der Waals surface area contributed by atoms with E-state index in [4.69, 9.17) is 4.74 Å². The number of piperazine rings is 1. The second-order valence-corrected chi connectivity index (χ2v) is 8.88.